The molecule has 1 aliphatic rings. The molecule has 0 saturated heterocycles. The molecule has 0 aliphatic heterocycles. The molecule has 3 rings (SSSR count). The van der Waals surface area contributed by atoms with E-state index in [2.05, 4.69) is 5.32 Å². The van der Waals surface area contributed by atoms with Gasteiger partial charge in [-0.3, -0.25) is 4.79 Å². The summed E-state index contributed by atoms with van der Waals surface area (Å²) in [6.45, 7) is 0.220. The van der Waals surface area contributed by atoms with Crippen LogP contribution in [0, 0.1) is 0 Å². The number of rotatable bonds is 10. The molecule has 8 heteroatoms. The summed E-state index contributed by atoms with van der Waals surface area (Å²) in [6, 6.07) is 10.3. The van der Waals surface area contributed by atoms with Crippen LogP contribution in [0.25, 0.3) is 0 Å². The number of nitrogens with two attached hydrogens (primary N) is 1. The second-order valence-electron chi connectivity index (χ2n) is 8.00. The van der Waals surface area contributed by atoms with Crippen molar-refractivity contribution in [1.82, 2.24) is 5.32 Å². The summed E-state index contributed by atoms with van der Waals surface area (Å²) in [5.41, 5.74) is 7.67. The molecule has 0 unspecified atom stereocenters. The van der Waals surface area contributed by atoms with Crippen molar-refractivity contribution >= 4 is 17.6 Å². The number of methoxy groups -OCH3 is 2. The average Bonchev–Trinajstić information content (AvgIpc) is 2.84. The van der Waals surface area contributed by atoms with E-state index in [1.165, 1.54) is 12.5 Å². The van der Waals surface area contributed by atoms with Crippen molar-refractivity contribution in [3.8, 4) is 17.2 Å². The molecule has 0 heterocycles. The van der Waals surface area contributed by atoms with Gasteiger partial charge in [-0.2, -0.15) is 0 Å². The third kappa shape index (κ3) is 7.03. The van der Waals surface area contributed by atoms with Gasteiger partial charge in [0.15, 0.2) is 18.1 Å². The van der Waals surface area contributed by atoms with Crippen LogP contribution < -0.4 is 25.3 Å². The highest BCUT2D eigenvalue weighted by Crippen LogP contribution is 2.28. The maximum absolute atomic E-state index is 12.5. The van der Waals surface area contributed by atoms with E-state index in [4.69, 9.17) is 24.7 Å². The van der Waals surface area contributed by atoms with Crippen LogP contribution in [0.15, 0.2) is 36.4 Å². The number of anilines is 1. The van der Waals surface area contributed by atoms with E-state index in [-0.39, 0.29) is 24.4 Å². The normalized spacial score (nSPS) is 13.8. The van der Waals surface area contributed by atoms with Crippen LogP contribution in [0.4, 0.5) is 5.69 Å². The number of esters is 1. The van der Waals surface area contributed by atoms with Gasteiger partial charge in [-0.1, -0.05) is 12.5 Å². The second kappa shape index (κ2) is 12.0. The number of nitrogens with one attached hydrogen (secondary N) is 1. The van der Waals surface area contributed by atoms with E-state index in [1.807, 2.05) is 18.2 Å². The first-order chi connectivity index (χ1) is 16.0. The van der Waals surface area contributed by atoms with Crippen molar-refractivity contribution in [2.24, 2.45) is 0 Å². The van der Waals surface area contributed by atoms with Crippen molar-refractivity contribution in [2.45, 2.75) is 44.6 Å². The smallest absolute Gasteiger partial charge is 0.338 e. The monoisotopic (exact) mass is 456 g/mol. The largest absolute Gasteiger partial charge is 0.493 e. The zero-order valence-corrected chi connectivity index (χ0v) is 19.2. The highest BCUT2D eigenvalue weighted by molar-refractivity contribution is 5.91. The quantitative estimate of drug-likeness (QED) is 0.416. The van der Waals surface area contributed by atoms with Crippen LogP contribution in [-0.2, 0) is 16.0 Å². The standard InChI is InChI=1S/C25H32N2O6/c1-30-21-11-8-17(14-23(21)31-2)12-13-27-24(28)16-32-22-15-18(9-10-20(22)26)25(29)33-19-6-4-3-5-7-19/h8-11,14-15,19H,3-7,12-13,16,26H2,1-2H3,(H,27,28). The Hall–Kier alpha value is -3.42. The fraction of sp³-hybridized carbons (Fsp3) is 0.440. The van der Waals surface area contributed by atoms with Gasteiger partial charge in [0.25, 0.3) is 5.91 Å². The predicted molar refractivity (Wildman–Crippen MR) is 125 cm³/mol. The van der Waals surface area contributed by atoms with Crippen LogP contribution >= 0.6 is 0 Å². The molecule has 0 atom stereocenters. The summed E-state index contributed by atoms with van der Waals surface area (Å²) >= 11 is 0. The van der Waals surface area contributed by atoms with Gasteiger partial charge < -0.3 is 30.0 Å². The molecule has 178 valence electrons. The van der Waals surface area contributed by atoms with Gasteiger partial charge in [-0.05, 0) is 68.0 Å². The molecule has 0 bridgehead atoms. The number of carbonyl (C=O) groups is 2. The molecule has 0 aromatic heterocycles. The molecule has 0 radical (unpaired) electrons. The molecule has 1 saturated carbocycles. The Labute approximate surface area is 194 Å². The molecule has 1 aliphatic carbocycles. The van der Waals surface area contributed by atoms with Gasteiger partial charge >= 0.3 is 5.97 Å². The maximum Gasteiger partial charge on any atom is 0.338 e. The van der Waals surface area contributed by atoms with Crippen molar-refractivity contribution in [1.29, 1.82) is 0 Å². The van der Waals surface area contributed by atoms with E-state index in [1.54, 1.807) is 26.4 Å². The SMILES string of the molecule is COc1ccc(CCNC(=O)COc2cc(C(=O)OC3CCCCC3)ccc2N)cc1OC. The van der Waals surface area contributed by atoms with Crippen LogP contribution in [0.1, 0.15) is 48.0 Å². The van der Waals surface area contributed by atoms with E-state index >= 15 is 0 Å². The first-order valence-corrected chi connectivity index (χ1v) is 11.2. The first-order valence-electron chi connectivity index (χ1n) is 11.2. The Morgan fingerprint density at radius 2 is 1.73 bits per heavy atom. The third-order valence-electron chi connectivity index (χ3n) is 5.62. The molecule has 2 aromatic rings. The minimum absolute atomic E-state index is 0.0374. The topological polar surface area (TPSA) is 109 Å². The van der Waals surface area contributed by atoms with E-state index in [0.29, 0.717) is 35.7 Å². The zero-order chi connectivity index (χ0) is 23.6. The number of hydrogen-bond donors (Lipinski definition) is 2. The summed E-state index contributed by atoms with van der Waals surface area (Å²) in [5, 5.41) is 2.81. The van der Waals surface area contributed by atoms with Crippen LogP contribution in [-0.4, -0.2) is 45.4 Å². The summed E-state index contributed by atoms with van der Waals surface area (Å²) in [6.07, 6.45) is 5.72. The number of benzene rings is 2. The number of ether oxygens (including phenoxy) is 4. The molecule has 2 aromatic carbocycles. The lowest BCUT2D eigenvalue weighted by atomic mass is 9.98. The molecular formula is C25H32N2O6. The Morgan fingerprint density at radius 3 is 2.45 bits per heavy atom. The highest BCUT2D eigenvalue weighted by Gasteiger charge is 2.19. The fourth-order valence-corrected chi connectivity index (χ4v) is 3.77. The Balaban J connectivity index is 1.47. The molecule has 8 nitrogen and oxygen atoms in total. The maximum atomic E-state index is 12.5. The van der Waals surface area contributed by atoms with Gasteiger partial charge in [-0.15, -0.1) is 0 Å². The van der Waals surface area contributed by atoms with Crippen LogP contribution in [0.2, 0.25) is 0 Å². The molecule has 0 spiro atoms. The Bertz CT molecular complexity index is 956. The third-order valence-corrected chi connectivity index (χ3v) is 5.62. The lowest BCUT2D eigenvalue weighted by Crippen LogP contribution is -2.30. The zero-order valence-electron chi connectivity index (χ0n) is 19.2. The number of carbonyl (C=O) groups excluding carboxylic acids is 2. The van der Waals surface area contributed by atoms with Crippen molar-refractivity contribution in [2.75, 3.05) is 33.1 Å². The minimum Gasteiger partial charge on any atom is -0.493 e. The summed E-state index contributed by atoms with van der Waals surface area (Å²) < 4.78 is 21.7. The highest BCUT2D eigenvalue weighted by atomic mass is 16.5. The first kappa shape index (κ1) is 24.2. The lowest BCUT2D eigenvalue weighted by molar-refractivity contribution is -0.123. The van der Waals surface area contributed by atoms with Gasteiger partial charge in [0.05, 0.1) is 25.5 Å². The van der Waals surface area contributed by atoms with E-state index in [9.17, 15) is 9.59 Å². The Morgan fingerprint density at radius 1 is 0.970 bits per heavy atom. The molecule has 1 amide bonds. The fourth-order valence-electron chi connectivity index (χ4n) is 3.77. The number of hydrogen-bond acceptors (Lipinski definition) is 7. The van der Waals surface area contributed by atoms with Gasteiger partial charge in [-0.25, -0.2) is 4.79 Å². The number of amides is 1. The second-order valence-corrected chi connectivity index (χ2v) is 8.00. The van der Waals surface area contributed by atoms with Crippen LogP contribution in [0.5, 0.6) is 17.2 Å². The van der Waals surface area contributed by atoms with Crippen LogP contribution in [0.3, 0.4) is 0 Å². The van der Waals surface area contributed by atoms with Gasteiger partial charge in [0.1, 0.15) is 11.9 Å². The minimum atomic E-state index is -0.397. The van der Waals surface area contributed by atoms with Crippen molar-refractivity contribution < 1.29 is 28.5 Å². The summed E-state index contributed by atoms with van der Waals surface area (Å²) in [4.78, 5) is 24.7. The van der Waals surface area contributed by atoms with Crippen molar-refractivity contribution in [3.63, 3.8) is 0 Å². The lowest BCUT2D eigenvalue weighted by Gasteiger charge is -2.22. The predicted octanol–water partition coefficient (Wildman–Crippen LogP) is 3.51. The summed E-state index contributed by atoms with van der Waals surface area (Å²) in [5.74, 6) is 0.891. The summed E-state index contributed by atoms with van der Waals surface area (Å²) in [7, 11) is 3.16. The van der Waals surface area contributed by atoms with Gasteiger partial charge in [0.2, 0.25) is 0 Å². The number of nitrogen functional groups attached to an aromatic ring is 1. The molecule has 1 fully saturated rings. The Kier molecular flexibility index (Phi) is 8.80. The molecule has 33 heavy (non-hydrogen) atoms. The average molecular weight is 457 g/mol. The van der Waals surface area contributed by atoms with Crippen molar-refractivity contribution in [3.05, 3.63) is 47.5 Å². The van der Waals surface area contributed by atoms with E-state index < -0.39 is 5.97 Å². The van der Waals surface area contributed by atoms with Gasteiger partial charge in [0, 0.05) is 6.54 Å². The van der Waals surface area contributed by atoms with E-state index in [0.717, 1.165) is 31.2 Å². The molecular weight excluding hydrogens is 424 g/mol. The molecule has 3 N–H and O–H groups in total.